The summed E-state index contributed by atoms with van der Waals surface area (Å²) in [4.78, 5) is 27.8. The zero-order valence-electron chi connectivity index (χ0n) is 24.6. The van der Waals surface area contributed by atoms with Crippen molar-refractivity contribution in [2.45, 2.75) is 76.4 Å². The lowest BCUT2D eigenvalue weighted by atomic mass is 9.72. The average Bonchev–Trinajstić information content (AvgIpc) is 3.21. The van der Waals surface area contributed by atoms with Crippen molar-refractivity contribution in [2.24, 2.45) is 11.8 Å². The Morgan fingerprint density at radius 1 is 1.09 bits per heavy atom. The number of alkyl halides is 6. The van der Waals surface area contributed by atoms with E-state index in [1.165, 1.54) is 0 Å². The van der Waals surface area contributed by atoms with Gasteiger partial charge in [-0.1, -0.05) is 39.3 Å². The summed E-state index contributed by atoms with van der Waals surface area (Å²) in [6.07, 6.45) is -6.80. The number of unbranched alkanes of at least 4 members (excludes halogenated alkanes) is 1. The zero-order valence-corrected chi connectivity index (χ0v) is 24.6. The van der Waals surface area contributed by atoms with Gasteiger partial charge in [-0.15, -0.1) is 0 Å². The second-order valence-electron chi connectivity index (χ2n) is 11.4. The van der Waals surface area contributed by atoms with Gasteiger partial charge >= 0.3 is 18.4 Å². The number of aliphatic hydroxyl groups is 1. The second kappa shape index (κ2) is 12.5. The van der Waals surface area contributed by atoms with Crippen LogP contribution in [0.3, 0.4) is 0 Å². The molecule has 8 nitrogen and oxygen atoms in total. The Morgan fingerprint density at radius 3 is 2.41 bits per heavy atom. The van der Waals surface area contributed by atoms with Crippen LogP contribution in [0.25, 0.3) is 0 Å². The van der Waals surface area contributed by atoms with Crippen molar-refractivity contribution in [3.63, 3.8) is 0 Å². The fourth-order valence-electron chi connectivity index (χ4n) is 5.89. The number of carbonyl (C=O) groups is 2. The highest BCUT2D eigenvalue weighted by Gasteiger charge is 2.71. The highest BCUT2D eigenvalue weighted by Crippen LogP contribution is 2.50. The highest BCUT2D eigenvalue weighted by atomic mass is 19.4. The molecule has 2 atom stereocenters. The van der Waals surface area contributed by atoms with E-state index in [0.717, 1.165) is 11.0 Å². The van der Waals surface area contributed by atoms with Crippen LogP contribution in [0.15, 0.2) is 41.9 Å². The van der Waals surface area contributed by atoms with Gasteiger partial charge in [0, 0.05) is 24.4 Å². The first-order valence-corrected chi connectivity index (χ1v) is 14.5. The summed E-state index contributed by atoms with van der Waals surface area (Å²) in [5, 5.41) is 12.7. The molecule has 0 radical (unpaired) electrons. The van der Waals surface area contributed by atoms with E-state index < -0.39 is 35.1 Å². The number of urea groups is 1. The lowest BCUT2D eigenvalue weighted by Gasteiger charge is -2.39. The maximum atomic E-state index is 13.7. The van der Waals surface area contributed by atoms with Crippen LogP contribution in [0.4, 0.5) is 31.1 Å². The van der Waals surface area contributed by atoms with Crippen LogP contribution in [0.5, 0.6) is 5.75 Å². The molecular weight excluding hydrogens is 598 g/mol. The molecule has 2 heterocycles. The predicted molar refractivity (Wildman–Crippen MR) is 145 cm³/mol. The maximum Gasteiger partial charge on any atom is 0.430 e. The van der Waals surface area contributed by atoms with E-state index >= 15 is 0 Å². The van der Waals surface area contributed by atoms with Crippen LogP contribution in [0.1, 0.15) is 57.6 Å². The molecule has 1 saturated heterocycles. The topological polar surface area (TPSA) is 97.3 Å². The number of carbonyl (C=O) groups excluding carboxylic acids is 2. The van der Waals surface area contributed by atoms with Crippen molar-refractivity contribution in [3.05, 3.63) is 53.0 Å². The fraction of sp³-hybridized carbons (Fsp3) is 0.600. The van der Waals surface area contributed by atoms with E-state index in [-0.39, 0.29) is 48.6 Å². The monoisotopic (exact) mass is 634 g/mol. The van der Waals surface area contributed by atoms with E-state index in [9.17, 15) is 41.0 Å². The molecule has 4 rings (SSSR count). The van der Waals surface area contributed by atoms with Gasteiger partial charge in [0.2, 0.25) is 0 Å². The number of rotatable bonds is 11. The van der Waals surface area contributed by atoms with E-state index in [4.69, 9.17) is 14.2 Å². The molecule has 44 heavy (non-hydrogen) atoms. The van der Waals surface area contributed by atoms with Crippen LogP contribution >= 0.6 is 0 Å². The number of allylic oxidation sites excluding steroid dienone is 2. The second-order valence-corrected chi connectivity index (χ2v) is 11.4. The molecule has 2 unspecified atom stereocenters. The number of aryl methyl sites for hydroxylation is 1. The van der Waals surface area contributed by atoms with Crippen molar-refractivity contribution in [1.29, 1.82) is 0 Å². The summed E-state index contributed by atoms with van der Waals surface area (Å²) in [6.45, 7) is 6.34. The molecule has 0 saturated carbocycles. The minimum absolute atomic E-state index is 0.0253. The largest absolute Gasteiger partial charge is 0.493 e. The van der Waals surface area contributed by atoms with E-state index in [1.807, 2.05) is 19.9 Å². The SMILES string of the molecule is CCCc1cc(C(O)(C(F)(F)F)C(F)(F)F)ccc1OCCCCN1C(=O)NC(C(C)C)(C2C=CC3=C(C2)OCCO3)C1=O. The number of nitrogens with zero attached hydrogens (tertiary/aromatic N) is 1. The minimum Gasteiger partial charge on any atom is -0.493 e. The summed E-state index contributed by atoms with van der Waals surface area (Å²) in [7, 11) is 0. The summed E-state index contributed by atoms with van der Waals surface area (Å²) in [5.74, 6) is 0.367. The molecule has 2 N–H and O–H groups in total. The molecule has 1 aromatic rings. The zero-order chi connectivity index (χ0) is 32.5. The number of halogens is 6. The molecular formula is C30H36F6N2O6. The molecule has 3 aliphatic rings. The number of hydrogen-bond donors (Lipinski definition) is 2. The van der Waals surface area contributed by atoms with Gasteiger partial charge in [-0.3, -0.25) is 9.69 Å². The van der Waals surface area contributed by atoms with Crippen LogP contribution in [0, 0.1) is 11.8 Å². The molecule has 244 valence electrons. The minimum atomic E-state index is -5.99. The van der Waals surface area contributed by atoms with Crippen LogP contribution < -0.4 is 10.1 Å². The van der Waals surface area contributed by atoms with Crippen molar-refractivity contribution in [1.82, 2.24) is 10.2 Å². The Labute approximate surface area is 251 Å². The molecule has 0 bridgehead atoms. The number of ether oxygens (including phenoxy) is 3. The van der Waals surface area contributed by atoms with Gasteiger partial charge in [0.05, 0.1) is 6.61 Å². The fourth-order valence-corrected chi connectivity index (χ4v) is 5.89. The lowest BCUT2D eigenvalue weighted by Crippen LogP contribution is -2.57. The lowest BCUT2D eigenvalue weighted by molar-refractivity contribution is -0.376. The number of nitrogens with one attached hydrogen (secondary N) is 1. The van der Waals surface area contributed by atoms with Gasteiger partial charge in [-0.2, -0.15) is 26.3 Å². The molecule has 2 aliphatic heterocycles. The van der Waals surface area contributed by atoms with E-state index in [0.29, 0.717) is 62.5 Å². The molecule has 1 aliphatic carbocycles. The number of imide groups is 1. The summed E-state index contributed by atoms with van der Waals surface area (Å²) < 4.78 is 97.2. The Hall–Kier alpha value is -3.42. The van der Waals surface area contributed by atoms with Crippen molar-refractivity contribution < 1.29 is 55.2 Å². The summed E-state index contributed by atoms with van der Waals surface area (Å²) in [6, 6.07) is 1.68. The van der Waals surface area contributed by atoms with Gasteiger partial charge < -0.3 is 24.6 Å². The average molecular weight is 635 g/mol. The first-order valence-electron chi connectivity index (χ1n) is 14.5. The standard InChI is InChI=1S/C30H36F6N2O6/c1-4-7-19-16-21(28(41,29(31,32)33)30(34,35)36)9-10-22(19)42-13-6-5-12-38-25(39)27(18(2)3,37-26(38)40)20-8-11-23-24(17-20)44-15-14-43-23/h8-11,16,18,20,41H,4-7,12-15,17H2,1-3H3,(H,37,40). The summed E-state index contributed by atoms with van der Waals surface area (Å²) in [5.41, 5.74) is -7.48. The van der Waals surface area contributed by atoms with Gasteiger partial charge in [0.25, 0.3) is 11.5 Å². The Bertz CT molecular complexity index is 1290. The normalized spacial score (nSPS) is 22.6. The first kappa shape index (κ1) is 33.5. The number of benzene rings is 1. The Kier molecular flexibility index (Phi) is 9.53. The van der Waals surface area contributed by atoms with E-state index in [1.54, 1.807) is 13.0 Å². The summed E-state index contributed by atoms with van der Waals surface area (Å²) >= 11 is 0. The molecule has 1 fully saturated rings. The third-order valence-electron chi connectivity index (χ3n) is 8.28. The predicted octanol–water partition coefficient (Wildman–Crippen LogP) is 5.89. The molecule has 0 aromatic heterocycles. The third kappa shape index (κ3) is 5.96. The van der Waals surface area contributed by atoms with Crippen molar-refractivity contribution >= 4 is 11.9 Å². The quantitative estimate of drug-likeness (QED) is 0.179. The van der Waals surface area contributed by atoms with Gasteiger partial charge in [-0.25, -0.2) is 4.79 Å². The Balaban J connectivity index is 1.39. The molecule has 3 amide bonds. The smallest absolute Gasteiger partial charge is 0.430 e. The number of hydrogen-bond acceptors (Lipinski definition) is 6. The van der Waals surface area contributed by atoms with Crippen LogP contribution in [0.2, 0.25) is 0 Å². The molecule has 14 heteroatoms. The van der Waals surface area contributed by atoms with E-state index in [2.05, 4.69) is 5.32 Å². The van der Waals surface area contributed by atoms with Gasteiger partial charge in [0.1, 0.15) is 30.3 Å². The molecule has 0 spiro atoms. The highest BCUT2D eigenvalue weighted by molar-refractivity contribution is 6.07. The van der Waals surface area contributed by atoms with Crippen molar-refractivity contribution in [2.75, 3.05) is 26.4 Å². The third-order valence-corrected chi connectivity index (χ3v) is 8.28. The van der Waals surface area contributed by atoms with Crippen LogP contribution in [-0.2, 0) is 26.3 Å². The van der Waals surface area contributed by atoms with Gasteiger partial charge in [0.15, 0.2) is 5.76 Å². The van der Waals surface area contributed by atoms with Crippen molar-refractivity contribution in [3.8, 4) is 5.75 Å². The van der Waals surface area contributed by atoms with Crippen LogP contribution in [-0.4, -0.2) is 66.2 Å². The molecule has 1 aromatic carbocycles. The van der Waals surface area contributed by atoms with Gasteiger partial charge in [-0.05, 0) is 49.0 Å². The Morgan fingerprint density at radius 2 is 1.77 bits per heavy atom. The maximum absolute atomic E-state index is 13.7. The number of amides is 3. The first-order chi connectivity index (χ1) is 20.6.